The molecule has 1 atom stereocenters. The number of anilines is 1. The van der Waals surface area contributed by atoms with Crippen LogP contribution in [0.3, 0.4) is 0 Å². The molecule has 1 aliphatic heterocycles. The van der Waals surface area contributed by atoms with E-state index in [-0.39, 0.29) is 22.3 Å². The van der Waals surface area contributed by atoms with Gasteiger partial charge in [-0.25, -0.2) is 13.1 Å². The van der Waals surface area contributed by atoms with Crippen LogP contribution in [0, 0.1) is 5.41 Å². The molecule has 1 unspecified atom stereocenters. The Balaban J connectivity index is 1.92. The van der Waals surface area contributed by atoms with E-state index in [1.807, 2.05) is 38.3 Å². The lowest BCUT2D eigenvalue weighted by Crippen LogP contribution is -2.36. The van der Waals surface area contributed by atoms with Crippen LogP contribution in [-0.4, -0.2) is 14.3 Å². The van der Waals surface area contributed by atoms with Crippen molar-refractivity contribution in [1.29, 1.82) is 0 Å². The molecule has 134 valence electrons. The quantitative estimate of drug-likeness (QED) is 0.852. The molecule has 7 heteroatoms. The van der Waals surface area contributed by atoms with E-state index >= 15 is 0 Å². The number of nitrogens with one attached hydrogen (secondary N) is 2. The van der Waals surface area contributed by atoms with Crippen LogP contribution in [0.4, 0.5) is 5.69 Å². The van der Waals surface area contributed by atoms with E-state index in [2.05, 4.69) is 10.0 Å². The van der Waals surface area contributed by atoms with Crippen LogP contribution in [0.5, 0.6) is 0 Å². The Morgan fingerprint density at radius 3 is 2.60 bits per heavy atom. The van der Waals surface area contributed by atoms with Gasteiger partial charge in [-0.15, -0.1) is 11.3 Å². The van der Waals surface area contributed by atoms with Gasteiger partial charge in [-0.05, 0) is 47.0 Å². The van der Waals surface area contributed by atoms with Gasteiger partial charge < -0.3 is 5.32 Å². The van der Waals surface area contributed by atoms with Crippen LogP contribution >= 0.6 is 11.3 Å². The molecule has 25 heavy (non-hydrogen) atoms. The highest BCUT2D eigenvalue weighted by atomic mass is 32.2. The molecule has 0 saturated heterocycles. The second-order valence-corrected chi connectivity index (χ2v) is 10.00. The van der Waals surface area contributed by atoms with Gasteiger partial charge in [0.15, 0.2) is 0 Å². The zero-order valence-electron chi connectivity index (χ0n) is 14.5. The first kappa shape index (κ1) is 18.1. The predicted octanol–water partition coefficient (Wildman–Crippen LogP) is 3.70. The first-order valence-electron chi connectivity index (χ1n) is 8.15. The fourth-order valence-corrected chi connectivity index (χ4v) is 5.43. The Bertz CT molecular complexity index is 882. The van der Waals surface area contributed by atoms with Gasteiger partial charge in [0.1, 0.15) is 0 Å². The van der Waals surface area contributed by atoms with E-state index in [0.29, 0.717) is 18.5 Å². The molecule has 0 saturated carbocycles. The minimum absolute atomic E-state index is 0.0354. The van der Waals surface area contributed by atoms with Crippen molar-refractivity contribution >= 4 is 33.0 Å². The summed E-state index contributed by atoms with van der Waals surface area (Å²) in [7, 11) is -3.67. The molecule has 5 nitrogen and oxygen atoms in total. The summed E-state index contributed by atoms with van der Waals surface area (Å²) in [5.41, 5.74) is 1.28. The highest BCUT2D eigenvalue weighted by Crippen LogP contribution is 2.36. The average molecular weight is 379 g/mol. The van der Waals surface area contributed by atoms with Gasteiger partial charge in [-0.3, -0.25) is 4.79 Å². The highest BCUT2D eigenvalue weighted by molar-refractivity contribution is 7.89. The molecule has 0 aliphatic carbocycles. The summed E-state index contributed by atoms with van der Waals surface area (Å²) in [4.78, 5) is 12.7. The minimum atomic E-state index is -3.67. The van der Waals surface area contributed by atoms with Gasteiger partial charge in [-0.1, -0.05) is 26.8 Å². The number of hydrogen-bond acceptors (Lipinski definition) is 4. The molecule has 2 aromatic rings. The van der Waals surface area contributed by atoms with Gasteiger partial charge in [0.2, 0.25) is 15.9 Å². The number of rotatable bonds is 4. The standard InChI is InChI=1S/C18H22N2O3S2/c1-18(2,3)17(15-5-4-10-24-15)20-25(22,23)13-7-8-14-12(11-13)6-9-16(21)19-14/h4-5,7-8,10-11,17,20H,6,9H2,1-3H3,(H,19,21). The monoisotopic (exact) mass is 378 g/mol. The van der Waals surface area contributed by atoms with Crippen molar-refractivity contribution in [1.82, 2.24) is 4.72 Å². The van der Waals surface area contributed by atoms with Gasteiger partial charge in [-0.2, -0.15) is 0 Å². The Morgan fingerprint density at radius 2 is 1.96 bits per heavy atom. The first-order chi connectivity index (χ1) is 11.7. The van der Waals surface area contributed by atoms with Crippen LogP contribution in [0.15, 0.2) is 40.6 Å². The second-order valence-electron chi connectivity index (χ2n) is 7.30. The fourth-order valence-electron chi connectivity index (χ4n) is 2.87. The van der Waals surface area contributed by atoms with Crippen molar-refractivity contribution < 1.29 is 13.2 Å². The molecule has 2 N–H and O–H groups in total. The maximum absolute atomic E-state index is 12.9. The first-order valence-corrected chi connectivity index (χ1v) is 10.5. The smallest absolute Gasteiger partial charge is 0.241 e. The average Bonchev–Trinajstić information content (AvgIpc) is 3.05. The predicted molar refractivity (Wildman–Crippen MR) is 100 cm³/mol. The van der Waals surface area contributed by atoms with E-state index in [9.17, 15) is 13.2 Å². The van der Waals surface area contributed by atoms with Gasteiger partial charge in [0.25, 0.3) is 0 Å². The van der Waals surface area contributed by atoms with Crippen LogP contribution in [0.2, 0.25) is 0 Å². The summed E-state index contributed by atoms with van der Waals surface area (Å²) in [6, 6.07) is 8.43. The molecule has 3 rings (SSSR count). The van der Waals surface area contributed by atoms with E-state index in [0.717, 1.165) is 10.4 Å². The number of hydrogen-bond donors (Lipinski definition) is 2. The second kappa shape index (κ2) is 6.55. The topological polar surface area (TPSA) is 75.3 Å². The van der Waals surface area contributed by atoms with E-state index in [1.165, 1.54) is 0 Å². The zero-order valence-corrected chi connectivity index (χ0v) is 16.1. The molecular formula is C18H22N2O3S2. The number of carbonyl (C=O) groups is 1. The van der Waals surface area contributed by atoms with Crippen molar-refractivity contribution in [3.63, 3.8) is 0 Å². The summed E-state index contributed by atoms with van der Waals surface area (Å²) in [5.74, 6) is -0.0354. The van der Waals surface area contributed by atoms with Crippen molar-refractivity contribution in [2.45, 2.75) is 44.6 Å². The van der Waals surface area contributed by atoms with Crippen LogP contribution in [-0.2, 0) is 21.2 Å². The number of sulfonamides is 1. The fraction of sp³-hybridized carbons (Fsp3) is 0.389. The number of carbonyl (C=O) groups excluding carboxylic acids is 1. The molecule has 1 amide bonds. The zero-order chi connectivity index (χ0) is 18.2. The Kier molecular flexibility index (Phi) is 4.74. The number of amides is 1. The van der Waals surface area contributed by atoms with E-state index in [4.69, 9.17) is 0 Å². The van der Waals surface area contributed by atoms with Crippen molar-refractivity contribution in [3.05, 3.63) is 46.2 Å². The summed E-state index contributed by atoms with van der Waals surface area (Å²) in [5, 5.41) is 4.72. The third-order valence-corrected chi connectivity index (χ3v) is 6.61. The summed E-state index contributed by atoms with van der Waals surface area (Å²) < 4.78 is 28.7. The molecule has 1 aromatic heterocycles. The van der Waals surface area contributed by atoms with E-state index < -0.39 is 10.0 Å². The minimum Gasteiger partial charge on any atom is -0.326 e. The van der Waals surface area contributed by atoms with Crippen LogP contribution < -0.4 is 10.0 Å². The van der Waals surface area contributed by atoms with Crippen LogP contribution in [0.1, 0.15) is 43.7 Å². The van der Waals surface area contributed by atoms with E-state index in [1.54, 1.807) is 29.5 Å². The molecule has 0 bridgehead atoms. The lowest BCUT2D eigenvalue weighted by Gasteiger charge is -2.30. The summed E-state index contributed by atoms with van der Waals surface area (Å²) in [6.45, 7) is 6.05. The molecule has 0 fully saturated rings. The molecule has 1 aliphatic rings. The molecule has 2 heterocycles. The highest BCUT2D eigenvalue weighted by Gasteiger charge is 2.32. The summed E-state index contributed by atoms with van der Waals surface area (Å²) in [6.07, 6.45) is 0.932. The van der Waals surface area contributed by atoms with Crippen molar-refractivity contribution in [3.8, 4) is 0 Å². The van der Waals surface area contributed by atoms with Crippen LogP contribution in [0.25, 0.3) is 0 Å². The molecule has 0 spiro atoms. The van der Waals surface area contributed by atoms with Gasteiger partial charge in [0, 0.05) is 17.0 Å². The molecule has 0 radical (unpaired) electrons. The van der Waals surface area contributed by atoms with Gasteiger partial charge in [0.05, 0.1) is 10.9 Å². The third-order valence-electron chi connectivity index (χ3n) is 4.25. The number of aryl methyl sites for hydroxylation is 1. The normalized spacial score (nSPS) is 16.2. The maximum atomic E-state index is 12.9. The number of benzene rings is 1. The van der Waals surface area contributed by atoms with Crippen molar-refractivity contribution in [2.75, 3.05) is 5.32 Å². The maximum Gasteiger partial charge on any atom is 0.241 e. The van der Waals surface area contributed by atoms with Gasteiger partial charge >= 0.3 is 0 Å². The Labute approximate surface area is 152 Å². The SMILES string of the molecule is CC(C)(C)C(NS(=O)(=O)c1ccc2c(c1)CCC(=O)N2)c1cccs1. The Hall–Kier alpha value is -1.70. The largest absolute Gasteiger partial charge is 0.326 e. The molecule has 1 aromatic carbocycles. The lowest BCUT2D eigenvalue weighted by atomic mass is 9.86. The Morgan fingerprint density at radius 1 is 1.20 bits per heavy atom. The summed E-state index contributed by atoms with van der Waals surface area (Å²) >= 11 is 1.54. The molecular weight excluding hydrogens is 356 g/mol. The third kappa shape index (κ3) is 3.94. The number of thiophene rings is 1. The lowest BCUT2D eigenvalue weighted by molar-refractivity contribution is -0.116. The van der Waals surface area contributed by atoms with Crippen molar-refractivity contribution in [2.24, 2.45) is 5.41 Å². The number of fused-ring (bicyclic) bond motifs is 1.